The van der Waals surface area contributed by atoms with Crippen LogP contribution in [0.15, 0.2) is 15.3 Å². The van der Waals surface area contributed by atoms with Gasteiger partial charge in [-0.25, -0.2) is 4.99 Å². The van der Waals surface area contributed by atoms with Gasteiger partial charge < -0.3 is 9.47 Å². The number of thioether (sulfide) groups is 1. The van der Waals surface area contributed by atoms with Crippen molar-refractivity contribution in [3.8, 4) is 5.75 Å². The summed E-state index contributed by atoms with van der Waals surface area (Å²) in [7, 11) is 1.68. The highest BCUT2D eigenvalue weighted by molar-refractivity contribution is 8.00. The first-order valence-corrected chi connectivity index (χ1v) is 7.05. The molecule has 0 aliphatic carbocycles. The summed E-state index contributed by atoms with van der Waals surface area (Å²) in [4.78, 5) is 5.56. The van der Waals surface area contributed by atoms with Crippen LogP contribution in [-0.4, -0.2) is 31.4 Å². The van der Waals surface area contributed by atoms with Crippen molar-refractivity contribution >= 4 is 29.0 Å². The lowest BCUT2D eigenvalue weighted by Crippen LogP contribution is -2.17. The molecule has 0 saturated heterocycles. The van der Waals surface area contributed by atoms with Crippen molar-refractivity contribution in [2.45, 2.75) is 23.6 Å². The Bertz CT molecular complexity index is 424. The van der Waals surface area contributed by atoms with Crippen LogP contribution >= 0.6 is 23.1 Å². The Labute approximate surface area is 104 Å². The SMILES string of the molecule is COc1cc(SC)sc1C1=NC(C)(C)CO1. The minimum absolute atomic E-state index is 0.121. The number of aliphatic imine (C=N–C) groups is 1. The number of hydrogen-bond acceptors (Lipinski definition) is 5. The molecular formula is C11H15NO2S2. The zero-order valence-corrected chi connectivity index (χ0v) is 11.5. The Kier molecular flexibility index (Phi) is 3.17. The van der Waals surface area contributed by atoms with E-state index in [0.717, 1.165) is 10.6 Å². The van der Waals surface area contributed by atoms with E-state index in [1.807, 2.05) is 6.07 Å². The molecule has 0 bridgehead atoms. The standard InChI is InChI=1S/C11H15NO2S2/c1-11(2)6-14-10(12-11)9-7(13-3)5-8(15-4)16-9/h5H,6H2,1-4H3. The minimum atomic E-state index is -0.121. The van der Waals surface area contributed by atoms with Crippen LogP contribution in [0.2, 0.25) is 0 Å². The fraction of sp³-hybridized carbons (Fsp3) is 0.545. The van der Waals surface area contributed by atoms with Crippen LogP contribution in [0.25, 0.3) is 0 Å². The first kappa shape index (κ1) is 11.8. The predicted molar refractivity (Wildman–Crippen MR) is 69.2 cm³/mol. The quantitative estimate of drug-likeness (QED) is 0.780. The second-order valence-corrected chi connectivity index (χ2v) is 6.34. The zero-order valence-electron chi connectivity index (χ0n) is 9.86. The molecule has 0 N–H and O–H groups in total. The van der Waals surface area contributed by atoms with E-state index in [1.165, 1.54) is 4.21 Å². The number of methoxy groups -OCH3 is 1. The smallest absolute Gasteiger partial charge is 0.231 e. The highest BCUT2D eigenvalue weighted by Crippen LogP contribution is 2.37. The molecule has 1 aromatic rings. The summed E-state index contributed by atoms with van der Waals surface area (Å²) in [6.45, 7) is 4.77. The highest BCUT2D eigenvalue weighted by atomic mass is 32.2. The first-order chi connectivity index (χ1) is 7.55. The van der Waals surface area contributed by atoms with E-state index in [0.29, 0.717) is 12.5 Å². The molecule has 0 radical (unpaired) electrons. The molecule has 3 nitrogen and oxygen atoms in total. The van der Waals surface area contributed by atoms with Crippen LogP contribution < -0.4 is 4.74 Å². The van der Waals surface area contributed by atoms with Gasteiger partial charge in [-0.2, -0.15) is 0 Å². The fourth-order valence-electron chi connectivity index (χ4n) is 1.45. The zero-order chi connectivity index (χ0) is 11.8. The van der Waals surface area contributed by atoms with Gasteiger partial charge in [0.05, 0.1) is 16.9 Å². The highest BCUT2D eigenvalue weighted by Gasteiger charge is 2.29. The van der Waals surface area contributed by atoms with Gasteiger partial charge in [0.2, 0.25) is 5.90 Å². The summed E-state index contributed by atoms with van der Waals surface area (Å²) in [5.74, 6) is 1.57. The van der Waals surface area contributed by atoms with Crippen molar-refractivity contribution in [2.75, 3.05) is 20.0 Å². The summed E-state index contributed by atoms with van der Waals surface area (Å²) in [5, 5.41) is 0. The van der Waals surface area contributed by atoms with Crippen molar-refractivity contribution in [1.29, 1.82) is 0 Å². The van der Waals surface area contributed by atoms with E-state index in [4.69, 9.17) is 9.47 Å². The molecule has 1 aliphatic heterocycles. The van der Waals surface area contributed by atoms with Crippen LogP contribution in [0, 0.1) is 0 Å². The van der Waals surface area contributed by atoms with E-state index in [2.05, 4.69) is 25.1 Å². The normalized spacial score (nSPS) is 18.1. The Balaban J connectivity index is 2.37. The third-order valence-electron chi connectivity index (χ3n) is 2.26. The Morgan fingerprint density at radius 2 is 2.31 bits per heavy atom. The maximum Gasteiger partial charge on any atom is 0.231 e. The summed E-state index contributed by atoms with van der Waals surface area (Å²) >= 11 is 3.37. The molecule has 0 atom stereocenters. The van der Waals surface area contributed by atoms with Gasteiger partial charge in [0.25, 0.3) is 0 Å². The maximum atomic E-state index is 5.63. The van der Waals surface area contributed by atoms with Crippen LogP contribution in [0.3, 0.4) is 0 Å². The molecule has 5 heteroatoms. The number of hydrogen-bond donors (Lipinski definition) is 0. The minimum Gasteiger partial charge on any atom is -0.495 e. The lowest BCUT2D eigenvalue weighted by Gasteiger charge is -2.07. The third kappa shape index (κ3) is 2.20. The summed E-state index contributed by atoms with van der Waals surface area (Å²) in [6, 6.07) is 2.03. The largest absolute Gasteiger partial charge is 0.495 e. The molecule has 0 saturated carbocycles. The molecule has 88 valence electrons. The molecule has 0 spiro atoms. The van der Waals surface area contributed by atoms with Gasteiger partial charge in [0, 0.05) is 6.07 Å². The van der Waals surface area contributed by atoms with E-state index in [1.54, 1.807) is 30.2 Å². The van der Waals surface area contributed by atoms with Crippen LogP contribution in [0.4, 0.5) is 0 Å². The first-order valence-electron chi connectivity index (χ1n) is 5.00. The van der Waals surface area contributed by atoms with E-state index >= 15 is 0 Å². The topological polar surface area (TPSA) is 30.8 Å². The second kappa shape index (κ2) is 4.30. The van der Waals surface area contributed by atoms with Gasteiger partial charge in [-0.3, -0.25) is 0 Å². The molecule has 0 fully saturated rings. The molecule has 1 aromatic heterocycles. The van der Waals surface area contributed by atoms with Crippen LogP contribution in [0.5, 0.6) is 5.75 Å². The molecule has 2 heterocycles. The average molecular weight is 257 g/mol. The predicted octanol–water partition coefficient (Wildman–Crippen LogP) is 3.03. The molecule has 0 unspecified atom stereocenters. The van der Waals surface area contributed by atoms with Gasteiger partial charge in [0.15, 0.2) is 0 Å². The van der Waals surface area contributed by atoms with E-state index in [-0.39, 0.29) is 5.54 Å². The van der Waals surface area contributed by atoms with Crippen LogP contribution in [-0.2, 0) is 4.74 Å². The summed E-state index contributed by atoms with van der Waals surface area (Å²) in [6.07, 6.45) is 2.05. The molecule has 16 heavy (non-hydrogen) atoms. The summed E-state index contributed by atoms with van der Waals surface area (Å²) < 4.78 is 12.2. The van der Waals surface area contributed by atoms with Gasteiger partial charge in [-0.1, -0.05) is 0 Å². The third-order valence-corrected chi connectivity index (χ3v) is 4.43. The van der Waals surface area contributed by atoms with Crippen molar-refractivity contribution in [3.05, 3.63) is 10.9 Å². The lowest BCUT2D eigenvalue weighted by molar-refractivity contribution is 0.279. The summed E-state index contributed by atoms with van der Waals surface area (Å²) in [5.41, 5.74) is -0.121. The lowest BCUT2D eigenvalue weighted by atomic mass is 10.1. The monoisotopic (exact) mass is 257 g/mol. The van der Waals surface area contributed by atoms with Crippen molar-refractivity contribution in [3.63, 3.8) is 0 Å². The second-order valence-electron chi connectivity index (χ2n) is 4.19. The van der Waals surface area contributed by atoms with Gasteiger partial charge in [-0.15, -0.1) is 23.1 Å². The molecule has 0 aromatic carbocycles. The fourth-order valence-corrected chi connectivity index (χ4v) is 3.07. The maximum absolute atomic E-state index is 5.63. The molecular weight excluding hydrogens is 242 g/mol. The van der Waals surface area contributed by atoms with Gasteiger partial charge in [0.1, 0.15) is 17.2 Å². The Morgan fingerprint density at radius 3 is 2.81 bits per heavy atom. The number of ether oxygens (including phenoxy) is 2. The Morgan fingerprint density at radius 1 is 1.56 bits per heavy atom. The molecule has 1 aliphatic rings. The van der Waals surface area contributed by atoms with E-state index in [9.17, 15) is 0 Å². The average Bonchev–Trinajstić information content (AvgIpc) is 2.80. The van der Waals surface area contributed by atoms with Crippen LogP contribution in [0.1, 0.15) is 18.7 Å². The number of thiophene rings is 1. The van der Waals surface area contributed by atoms with E-state index < -0.39 is 0 Å². The Hall–Kier alpha value is -0.680. The van der Waals surface area contributed by atoms with Gasteiger partial charge >= 0.3 is 0 Å². The van der Waals surface area contributed by atoms with Crippen molar-refractivity contribution in [1.82, 2.24) is 0 Å². The van der Waals surface area contributed by atoms with Gasteiger partial charge in [-0.05, 0) is 20.1 Å². The molecule has 0 amide bonds. The molecule has 2 rings (SSSR count). The van der Waals surface area contributed by atoms with Crippen molar-refractivity contribution in [2.24, 2.45) is 4.99 Å². The number of nitrogens with zero attached hydrogens (tertiary/aromatic N) is 1. The van der Waals surface area contributed by atoms with Crippen molar-refractivity contribution < 1.29 is 9.47 Å². The number of rotatable bonds is 3.